The number of benzene rings is 2. The van der Waals surface area contributed by atoms with Crippen LogP contribution in [0, 0.1) is 6.92 Å². The molecule has 2 aromatic carbocycles. The molecule has 0 saturated heterocycles. The molecule has 0 aliphatic carbocycles. The first-order valence-electron chi connectivity index (χ1n) is 6.53. The van der Waals surface area contributed by atoms with Crippen molar-refractivity contribution in [2.75, 3.05) is 30.0 Å². The van der Waals surface area contributed by atoms with E-state index in [1.165, 1.54) is 0 Å². The number of rotatable bonds is 3. The van der Waals surface area contributed by atoms with Crippen LogP contribution in [0.2, 0.25) is 0 Å². The zero-order valence-corrected chi connectivity index (χ0v) is 13.9. The van der Waals surface area contributed by atoms with Crippen molar-refractivity contribution in [3.63, 3.8) is 0 Å². The minimum absolute atomic E-state index is 0.163. The molecule has 0 heterocycles. The summed E-state index contributed by atoms with van der Waals surface area (Å²) in [7, 11) is 3.92. The molecule has 3 N–H and O–H groups in total. The van der Waals surface area contributed by atoms with Crippen LogP contribution in [0.3, 0.4) is 0 Å². The average Bonchev–Trinajstić information content (AvgIpc) is 2.44. The van der Waals surface area contributed by atoms with Gasteiger partial charge in [-0.15, -0.1) is 0 Å². The summed E-state index contributed by atoms with van der Waals surface area (Å²) in [5.74, 6) is -0.163. The normalized spacial score (nSPS) is 10.3. The molecular weight excluding hydrogens is 330 g/mol. The lowest BCUT2D eigenvalue weighted by molar-refractivity contribution is 0.102. The zero-order chi connectivity index (χ0) is 15.6. The minimum Gasteiger partial charge on any atom is -0.398 e. The Morgan fingerprint density at radius 1 is 1.19 bits per heavy atom. The largest absolute Gasteiger partial charge is 0.398 e. The highest BCUT2D eigenvalue weighted by molar-refractivity contribution is 9.10. The third-order valence-corrected chi connectivity index (χ3v) is 3.91. The Balaban J connectivity index is 2.20. The second-order valence-corrected chi connectivity index (χ2v) is 5.94. The van der Waals surface area contributed by atoms with E-state index in [1.54, 1.807) is 18.2 Å². The summed E-state index contributed by atoms with van der Waals surface area (Å²) >= 11 is 3.44. The molecule has 2 rings (SSSR count). The van der Waals surface area contributed by atoms with Gasteiger partial charge in [-0.3, -0.25) is 4.79 Å². The van der Waals surface area contributed by atoms with Crippen LogP contribution in [-0.2, 0) is 0 Å². The molecule has 0 saturated carbocycles. The Morgan fingerprint density at radius 3 is 2.38 bits per heavy atom. The van der Waals surface area contributed by atoms with Gasteiger partial charge in [0.1, 0.15) is 0 Å². The van der Waals surface area contributed by atoms with Crippen LogP contribution in [0.4, 0.5) is 17.1 Å². The smallest absolute Gasteiger partial charge is 0.255 e. The summed E-state index contributed by atoms with van der Waals surface area (Å²) in [5, 5.41) is 2.86. The number of nitrogens with two attached hydrogens (primary N) is 1. The van der Waals surface area contributed by atoms with Crippen molar-refractivity contribution in [1.29, 1.82) is 0 Å². The van der Waals surface area contributed by atoms with Gasteiger partial charge in [-0.1, -0.05) is 0 Å². The number of nitrogen functional groups attached to an aromatic ring is 1. The standard InChI is InChI=1S/C16H18BrN3O/c1-10-8-13(17)15(9-14(10)18)19-16(21)11-4-6-12(7-5-11)20(2)3/h4-9H,18H2,1-3H3,(H,19,21). The Morgan fingerprint density at radius 2 is 1.81 bits per heavy atom. The van der Waals surface area contributed by atoms with E-state index in [9.17, 15) is 4.79 Å². The van der Waals surface area contributed by atoms with E-state index in [0.717, 1.165) is 15.7 Å². The highest BCUT2D eigenvalue weighted by atomic mass is 79.9. The Bertz CT molecular complexity index is 666. The number of carbonyl (C=O) groups is 1. The Kier molecular flexibility index (Phi) is 4.53. The molecule has 0 unspecified atom stereocenters. The Hall–Kier alpha value is -2.01. The molecule has 0 fully saturated rings. The van der Waals surface area contributed by atoms with Gasteiger partial charge in [0.2, 0.25) is 0 Å². The number of aryl methyl sites for hydroxylation is 1. The molecule has 0 aliphatic heterocycles. The lowest BCUT2D eigenvalue weighted by atomic mass is 10.1. The van der Waals surface area contributed by atoms with Crippen LogP contribution < -0.4 is 16.0 Å². The lowest BCUT2D eigenvalue weighted by Crippen LogP contribution is -2.13. The third-order valence-electron chi connectivity index (χ3n) is 3.25. The van der Waals surface area contributed by atoms with Gasteiger partial charge >= 0.3 is 0 Å². The van der Waals surface area contributed by atoms with E-state index < -0.39 is 0 Å². The molecule has 21 heavy (non-hydrogen) atoms. The predicted molar refractivity (Wildman–Crippen MR) is 92.0 cm³/mol. The van der Waals surface area contributed by atoms with Crippen molar-refractivity contribution >= 4 is 38.9 Å². The van der Waals surface area contributed by atoms with Crippen LogP contribution in [-0.4, -0.2) is 20.0 Å². The van der Waals surface area contributed by atoms with Crippen molar-refractivity contribution in [3.05, 3.63) is 52.0 Å². The van der Waals surface area contributed by atoms with Gasteiger partial charge in [0.25, 0.3) is 5.91 Å². The first kappa shape index (κ1) is 15.4. The van der Waals surface area contributed by atoms with Crippen molar-refractivity contribution in [2.45, 2.75) is 6.92 Å². The molecule has 0 bridgehead atoms. The number of hydrogen-bond donors (Lipinski definition) is 2. The molecular formula is C16H18BrN3O. The number of hydrogen-bond acceptors (Lipinski definition) is 3. The molecule has 0 atom stereocenters. The molecule has 0 aromatic heterocycles. The van der Waals surface area contributed by atoms with Gasteiger partial charge in [0.05, 0.1) is 5.69 Å². The van der Waals surface area contributed by atoms with Crippen LogP contribution in [0.1, 0.15) is 15.9 Å². The highest BCUT2D eigenvalue weighted by Crippen LogP contribution is 2.28. The number of anilines is 3. The predicted octanol–water partition coefficient (Wildman–Crippen LogP) is 3.66. The van der Waals surface area contributed by atoms with Crippen molar-refractivity contribution in [3.8, 4) is 0 Å². The highest BCUT2D eigenvalue weighted by Gasteiger charge is 2.10. The average molecular weight is 348 g/mol. The molecule has 0 radical (unpaired) electrons. The number of nitrogens with zero attached hydrogens (tertiary/aromatic N) is 1. The van der Waals surface area contributed by atoms with E-state index in [0.29, 0.717) is 16.9 Å². The van der Waals surface area contributed by atoms with Crippen LogP contribution in [0.15, 0.2) is 40.9 Å². The quantitative estimate of drug-likeness (QED) is 0.833. The number of amides is 1. The van der Waals surface area contributed by atoms with Gasteiger partial charge in [0, 0.05) is 35.5 Å². The lowest BCUT2D eigenvalue weighted by Gasteiger charge is -2.13. The maximum atomic E-state index is 12.3. The summed E-state index contributed by atoms with van der Waals surface area (Å²) in [6.45, 7) is 1.92. The van der Waals surface area contributed by atoms with E-state index in [1.807, 2.05) is 44.1 Å². The van der Waals surface area contributed by atoms with Gasteiger partial charge < -0.3 is 16.0 Å². The fourth-order valence-corrected chi connectivity index (χ4v) is 2.45. The van der Waals surface area contributed by atoms with Crippen LogP contribution >= 0.6 is 15.9 Å². The first-order valence-corrected chi connectivity index (χ1v) is 7.32. The zero-order valence-electron chi connectivity index (χ0n) is 12.3. The first-order chi connectivity index (χ1) is 9.88. The molecule has 0 spiro atoms. The van der Waals surface area contributed by atoms with Gasteiger partial charge in [-0.25, -0.2) is 0 Å². The number of carbonyl (C=O) groups excluding carboxylic acids is 1. The monoisotopic (exact) mass is 347 g/mol. The van der Waals surface area contributed by atoms with Crippen molar-refractivity contribution in [2.24, 2.45) is 0 Å². The molecule has 0 aliphatic rings. The molecule has 4 nitrogen and oxygen atoms in total. The molecule has 5 heteroatoms. The molecule has 1 amide bonds. The van der Waals surface area contributed by atoms with E-state index in [4.69, 9.17) is 5.73 Å². The minimum atomic E-state index is -0.163. The van der Waals surface area contributed by atoms with Crippen LogP contribution in [0.25, 0.3) is 0 Å². The van der Waals surface area contributed by atoms with Gasteiger partial charge in [-0.2, -0.15) is 0 Å². The topological polar surface area (TPSA) is 58.4 Å². The summed E-state index contributed by atoms with van der Waals surface area (Å²) in [4.78, 5) is 14.2. The summed E-state index contributed by atoms with van der Waals surface area (Å²) in [6, 6.07) is 11.1. The van der Waals surface area contributed by atoms with Gasteiger partial charge in [-0.05, 0) is 64.8 Å². The maximum Gasteiger partial charge on any atom is 0.255 e. The van der Waals surface area contributed by atoms with E-state index in [2.05, 4.69) is 21.2 Å². The fourth-order valence-electron chi connectivity index (χ4n) is 1.89. The van der Waals surface area contributed by atoms with Crippen molar-refractivity contribution in [1.82, 2.24) is 0 Å². The molecule has 2 aromatic rings. The number of nitrogens with one attached hydrogen (secondary N) is 1. The molecule has 110 valence electrons. The third kappa shape index (κ3) is 3.55. The Labute approximate surface area is 133 Å². The van der Waals surface area contributed by atoms with E-state index in [-0.39, 0.29) is 5.91 Å². The summed E-state index contributed by atoms with van der Waals surface area (Å²) in [5.41, 5.74) is 9.81. The second kappa shape index (κ2) is 6.18. The van der Waals surface area contributed by atoms with E-state index >= 15 is 0 Å². The van der Waals surface area contributed by atoms with Crippen LogP contribution in [0.5, 0.6) is 0 Å². The SMILES string of the molecule is Cc1cc(Br)c(NC(=O)c2ccc(N(C)C)cc2)cc1N. The summed E-state index contributed by atoms with van der Waals surface area (Å²) < 4.78 is 0.812. The number of halogens is 1. The second-order valence-electron chi connectivity index (χ2n) is 5.08. The summed E-state index contributed by atoms with van der Waals surface area (Å²) in [6.07, 6.45) is 0. The van der Waals surface area contributed by atoms with Gasteiger partial charge in [0.15, 0.2) is 0 Å². The van der Waals surface area contributed by atoms with Crippen molar-refractivity contribution < 1.29 is 4.79 Å². The fraction of sp³-hybridized carbons (Fsp3) is 0.188. The maximum absolute atomic E-state index is 12.3.